The molecule has 1 aliphatic carbocycles. The minimum Gasteiger partial charge on any atom is -0.325 e. The Kier molecular flexibility index (Phi) is 9.73. The van der Waals surface area contributed by atoms with Crippen molar-refractivity contribution in [3.8, 4) is 0 Å². The molecule has 50 heavy (non-hydrogen) atoms. The van der Waals surface area contributed by atoms with Gasteiger partial charge in [-0.15, -0.1) is 11.8 Å². The number of anilines is 2. The molecule has 3 amide bonds. The molecule has 0 aromatic heterocycles. The van der Waals surface area contributed by atoms with Gasteiger partial charge in [-0.3, -0.25) is 34.1 Å². The summed E-state index contributed by atoms with van der Waals surface area (Å²) in [4.78, 5) is 77.2. The summed E-state index contributed by atoms with van der Waals surface area (Å²) in [5.41, 5.74) is 1.58. The number of rotatable bonds is 10. The molecule has 0 fully saturated rings. The van der Waals surface area contributed by atoms with Crippen LogP contribution in [0.15, 0.2) is 132 Å². The topological polar surface area (TPSA) is 165 Å². The number of nitro groups is 1. The molecule has 5 aromatic carbocycles. The summed E-state index contributed by atoms with van der Waals surface area (Å²) in [6.45, 7) is 0. The van der Waals surface area contributed by atoms with Crippen LogP contribution in [-0.2, 0) is 9.59 Å². The second kappa shape index (κ2) is 14.6. The second-order valence-electron chi connectivity index (χ2n) is 10.9. The zero-order valence-corrected chi connectivity index (χ0v) is 26.9. The Hall–Kier alpha value is -6.66. The van der Waals surface area contributed by atoms with E-state index in [1.54, 1.807) is 103 Å². The number of hydrogen-bond acceptors (Lipinski definition) is 8. The Morgan fingerprint density at radius 2 is 1.34 bits per heavy atom. The molecule has 0 aliphatic heterocycles. The zero-order chi connectivity index (χ0) is 35.2. The van der Waals surface area contributed by atoms with E-state index in [1.807, 2.05) is 0 Å². The van der Waals surface area contributed by atoms with E-state index >= 15 is 0 Å². The number of benzene rings is 5. The molecule has 11 nitrogen and oxygen atoms in total. The average molecular weight is 683 g/mol. The molecule has 0 spiro atoms. The average Bonchev–Trinajstić information content (AvgIpc) is 3.13. The van der Waals surface area contributed by atoms with E-state index in [2.05, 4.69) is 16.0 Å². The standard InChI is InChI=1S/C38H26N4O7S/c43-33(40-30-15-8-14-29-34(30)36(45)28-13-6-5-12-27(28)35(29)44)22-50-26-19-17-25(18-20-26)39-38(47)31(41-37(46)23-9-2-1-3-10-23)21-24-11-4-7-16-32(24)42(48)49/h1-21H,22H2,(H,39,47)(H,40,43)(H,41,46)/b31-21-. The number of nitro benzene ring substituents is 1. The summed E-state index contributed by atoms with van der Waals surface area (Å²) in [6, 6.07) is 32.0. The summed E-state index contributed by atoms with van der Waals surface area (Å²) in [5.74, 6) is -2.31. The highest BCUT2D eigenvalue weighted by Gasteiger charge is 2.31. The second-order valence-corrected chi connectivity index (χ2v) is 12.0. The van der Waals surface area contributed by atoms with Crippen LogP contribution in [0.2, 0.25) is 0 Å². The van der Waals surface area contributed by atoms with Gasteiger partial charge in [0, 0.05) is 38.9 Å². The van der Waals surface area contributed by atoms with Crippen LogP contribution in [0.25, 0.3) is 6.08 Å². The van der Waals surface area contributed by atoms with Crippen LogP contribution in [0.5, 0.6) is 0 Å². The van der Waals surface area contributed by atoms with Gasteiger partial charge in [-0.1, -0.05) is 66.7 Å². The number of para-hydroxylation sites is 1. The molecular formula is C38H26N4O7S. The molecule has 5 aromatic rings. The van der Waals surface area contributed by atoms with Gasteiger partial charge in [-0.2, -0.15) is 0 Å². The predicted molar refractivity (Wildman–Crippen MR) is 189 cm³/mol. The van der Waals surface area contributed by atoms with Gasteiger partial charge in [0.25, 0.3) is 17.5 Å². The Morgan fingerprint density at radius 1 is 0.700 bits per heavy atom. The van der Waals surface area contributed by atoms with Gasteiger partial charge in [0.1, 0.15) is 5.70 Å². The fourth-order valence-corrected chi connectivity index (χ4v) is 5.99. The fraction of sp³-hybridized carbons (Fsp3) is 0.0263. The smallest absolute Gasteiger partial charge is 0.276 e. The molecule has 246 valence electrons. The molecule has 3 N–H and O–H groups in total. The van der Waals surface area contributed by atoms with Crippen LogP contribution in [0.3, 0.4) is 0 Å². The van der Waals surface area contributed by atoms with Gasteiger partial charge in [-0.05, 0) is 54.6 Å². The zero-order valence-electron chi connectivity index (χ0n) is 26.0. The lowest BCUT2D eigenvalue weighted by Crippen LogP contribution is -2.30. The van der Waals surface area contributed by atoms with Gasteiger partial charge >= 0.3 is 0 Å². The van der Waals surface area contributed by atoms with Gasteiger partial charge < -0.3 is 16.0 Å². The number of amides is 3. The molecule has 12 heteroatoms. The van der Waals surface area contributed by atoms with Crippen molar-refractivity contribution in [2.75, 3.05) is 16.4 Å². The van der Waals surface area contributed by atoms with Gasteiger partial charge in [0.05, 0.1) is 27.5 Å². The molecule has 1 aliphatic rings. The maximum absolute atomic E-state index is 13.4. The van der Waals surface area contributed by atoms with Crippen molar-refractivity contribution in [2.24, 2.45) is 0 Å². The number of carbonyl (C=O) groups is 5. The highest BCUT2D eigenvalue weighted by Crippen LogP contribution is 2.32. The third-order valence-corrected chi connectivity index (χ3v) is 8.68. The lowest BCUT2D eigenvalue weighted by molar-refractivity contribution is -0.385. The number of carbonyl (C=O) groups excluding carboxylic acids is 5. The van der Waals surface area contributed by atoms with Crippen LogP contribution in [0, 0.1) is 10.1 Å². The summed E-state index contributed by atoms with van der Waals surface area (Å²) in [7, 11) is 0. The monoisotopic (exact) mass is 682 g/mol. The van der Waals surface area contributed by atoms with Crippen molar-refractivity contribution in [1.82, 2.24) is 5.32 Å². The van der Waals surface area contributed by atoms with Crippen LogP contribution in [-0.4, -0.2) is 40.0 Å². The molecule has 0 bridgehead atoms. The number of nitrogens with zero attached hydrogens (tertiary/aromatic N) is 1. The van der Waals surface area contributed by atoms with Crippen molar-refractivity contribution >= 4 is 64.2 Å². The first-order chi connectivity index (χ1) is 24.2. The van der Waals surface area contributed by atoms with Crippen molar-refractivity contribution in [3.63, 3.8) is 0 Å². The molecule has 0 unspecified atom stereocenters. The lowest BCUT2D eigenvalue weighted by Gasteiger charge is -2.20. The fourth-order valence-electron chi connectivity index (χ4n) is 5.29. The molecule has 0 radical (unpaired) electrons. The first kappa shape index (κ1) is 33.2. The summed E-state index contributed by atoms with van der Waals surface area (Å²) < 4.78 is 0. The van der Waals surface area contributed by atoms with Crippen molar-refractivity contribution in [2.45, 2.75) is 4.90 Å². The van der Waals surface area contributed by atoms with E-state index in [0.717, 1.165) is 0 Å². The molecule has 0 atom stereocenters. The third-order valence-electron chi connectivity index (χ3n) is 7.67. The van der Waals surface area contributed by atoms with Crippen molar-refractivity contribution in [1.29, 1.82) is 0 Å². The van der Waals surface area contributed by atoms with Gasteiger partial charge in [0.15, 0.2) is 11.6 Å². The third kappa shape index (κ3) is 7.25. The highest BCUT2D eigenvalue weighted by molar-refractivity contribution is 8.00. The number of thioether (sulfide) groups is 1. The summed E-state index contributed by atoms with van der Waals surface area (Å²) in [5, 5.41) is 19.6. The summed E-state index contributed by atoms with van der Waals surface area (Å²) >= 11 is 1.21. The van der Waals surface area contributed by atoms with E-state index in [1.165, 1.54) is 36.0 Å². The number of fused-ring (bicyclic) bond motifs is 2. The Morgan fingerprint density at radius 3 is 2.06 bits per heavy atom. The molecule has 6 rings (SSSR count). The minimum absolute atomic E-state index is 0.0116. The quantitative estimate of drug-likeness (QED) is 0.0637. The summed E-state index contributed by atoms with van der Waals surface area (Å²) in [6.07, 6.45) is 1.24. The van der Waals surface area contributed by atoms with Crippen LogP contribution in [0.4, 0.5) is 17.1 Å². The first-order valence-electron chi connectivity index (χ1n) is 15.2. The van der Waals surface area contributed by atoms with E-state index in [9.17, 15) is 34.1 Å². The van der Waals surface area contributed by atoms with E-state index < -0.39 is 16.7 Å². The van der Waals surface area contributed by atoms with Gasteiger partial charge in [-0.25, -0.2) is 0 Å². The normalized spacial score (nSPS) is 12.0. The van der Waals surface area contributed by atoms with E-state index in [-0.39, 0.29) is 68.1 Å². The molecular weight excluding hydrogens is 657 g/mol. The Balaban J connectivity index is 1.12. The number of nitrogens with one attached hydrogen (secondary N) is 3. The maximum atomic E-state index is 13.4. The lowest BCUT2D eigenvalue weighted by atomic mass is 9.83. The predicted octanol–water partition coefficient (Wildman–Crippen LogP) is 6.51. The number of hydrogen-bond donors (Lipinski definition) is 3. The molecule has 0 heterocycles. The SMILES string of the molecule is O=C(CSc1ccc(NC(=O)/C(=C/c2ccccc2[N+](=O)[O-])NC(=O)c2ccccc2)cc1)Nc1cccc2c1C(=O)c1ccccc1C2=O. The minimum atomic E-state index is -0.714. The number of ketones is 2. The van der Waals surface area contributed by atoms with Crippen LogP contribution in [0.1, 0.15) is 47.8 Å². The maximum Gasteiger partial charge on any atom is 0.276 e. The highest BCUT2D eigenvalue weighted by atomic mass is 32.2. The Labute approximate surface area is 289 Å². The first-order valence-corrected chi connectivity index (χ1v) is 16.1. The Bertz CT molecular complexity index is 2220. The van der Waals surface area contributed by atoms with Crippen molar-refractivity contribution < 1.29 is 28.9 Å². The van der Waals surface area contributed by atoms with E-state index in [4.69, 9.17) is 0 Å². The molecule has 0 saturated carbocycles. The van der Waals surface area contributed by atoms with Crippen LogP contribution >= 0.6 is 11.8 Å². The van der Waals surface area contributed by atoms with E-state index in [0.29, 0.717) is 16.1 Å². The van der Waals surface area contributed by atoms with Crippen molar-refractivity contribution in [3.05, 3.63) is 171 Å². The van der Waals surface area contributed by atoms with Crippen LogP contribution < -0.4 is 16.0 Å². The molecule has 0 saturated heterocycles. The van der Waals surface area contributed by atoms with Gasteiger partial charge in [0.2, 0.25) is 5.91 Å². The largest absolute Gasteiger partial charge is 0.325 e.